The number of sulfonamides is 1. The average molecular weight is 307 g/mol. The summed E-state index contributed by atoms with van der Waals surface area (Å²) in [7, 11) is -3.09. The molecule has 19 heavy (non-hydrogen) atoms. The number of rotatable bonds is 7. The molecular weight excluding hydrogens is 284 g/mol. The zero-order chi connectivity index (χ0) is 13.6. The molecule has 0 saturated carbocycles. The maximum atomic E-state index is 11.0. The molecule has 0 radical (unpaired) electrons. The summed E-state index contributed by atoms with van der Waals surface area (Å²) in [6.45, 7) is 6.65. The molecule has 110 valence electrons. The van der Waals surface area contributed by atoms with Crippen molar-refractivity contribution in [2.45, 2.75) is 20.3 Å². The van der Waals surface area contributed by atoms with Gasteiger partial charge in [0.1, 0.15) is 0 Å². The lowest BCUT2D eigenvalue weighted by atomic mass is 10.1. The Kier molecular flexibility index (Phi) is 8.06. The van der Waals surface area contributed by atoms with Gasteiger partial charge >= 0.3 is 0 Å². The Bertz CT molecular complexity index is 473. The van der Waals surface area contributed by atoms with Crippen molar-refractivity contribution in [1.29, 1.82) is 0 Å². The molecular formula is C13H23ClN2O2S. The number of halogens is 1. The van der Waals surface area contributed by atoms with Crippen molar-refractivity contribution in [2.75, 3.05) is 30.8 Å². The van der Waals surface area contributed by atoms with Crippen LogP contribution >= 0.6 is 12.4 Å². The second kappa shape index (κ2) is 8.40. The molecule has 0 unspecified atom stereocenters. The quantitative estimate of drug-likeness (QED) is 0.839. The van der Waals surface area contributed by atoms with Crippen LogP contribution in [0, 0.1) is 0 Å². The fraction of sp³-hybridized carbons (Fsp3) is 0.538. The molecule has 1 aromatic rings. The highest BCUT2D eigenvalue weighted by atomic mass is 35.5. The van der Waals surface area contributed by atoms with Crippen LogP contribution in [0.25, 0.3) is 0 Å². The summed E-state index contributed by atoms with van der Waals surface area (Å²) < 4.78 is 24.4. The van der Waals surface area contributed by atoms with Gasteiger partial charge in [-0.05, 0) is 38.0 Å². The first-order valence-corrected chi connectivity index (χ1v) is 8.14. The molecule has 0 aromatic heterocycles. The van der Waals surface area contributed by atoms with E-state index in [2.05, 4.69) is 35.6 Å². The maximum Gasteiger partial charge on any atom is 0.208 e. The van der Waals surface area contributed by atoms with Gasteiger partial charge in [0.15, 0.2) is 0 Å². The number of hydrogen-bond donors (Lipinski definition) is 1. The van der Waals surface area contributed by atoms with E-state index in [-0.39, 0.29) is 12.4 Å². The molecule has 0 aliphatic heterocycles. The minimum atomic E-state index is -3.09. The number of nitrogens with one attached hydrogen (secondary N) is 1. The minimum Gasteiger partial charge on any atom is -0.372 e. The number of anilines is 1. The van der Waals surface area contributed by atoms with Crippen LogP contribution < -0.4 is 9.62 Å². The van der Waals surface area contributed by atoms with Crippen molar-refractivity contribution in [3.8, 4) is 0 Å². The molecule has 0 fully saturated rings. The van der Waals surface area contributed by atoms with Crippen LogP contribution in [0.1, 0.15) is 19.4 Å². The smallest absolute Gasteiger partial charge is 0.208 e. The monoisotopic (exact) mass is 306 g/mol. The maximum absolute atomic E-state index is 11.0. The molecule has 1 rings (SSSR count). The third kappa shape index (κ3) is 6.80. The van der Waals surface area contributed by atoms with Gasteiger partial charge in [0.2, 0.25) is 10.0 Å². The van der Waals surface area contributed by atoms with E-state index in [1.807, 2.05) is 12.1 Å². The fourth-order valence-electron chi connectivity index (χ4n) is 1.88. The molecule has 1 aromatic carbocycles. The lowest BCUT2D eigenvalue weighted by molar-refractivity contribution is 0.588. The summed E-state index contributed by atoms with van der Waals surface area (Å²) in [4.78, 5) is 2.27. The molecule has 6 heteroatoms. The fourth-order valence-corrected chi connectivity index (χ4v) is 2.35. The summed E-state index contributed by atoms with van der Waals surface area (Å²) in [6, 6.07) is 8.25. The second-order valence-corrected chi connectivity index (χ2v) is 6.09. The second-order valence-electron chi connectivity index (χ2n) is 4.26. The Morgan fingerprint density at radius 2 is 1.84 bits per heavy atom. The topological polar surface area (TPSA) is 49.4 Å². The Balaban J connectivity index is 0.00000324. The third-order valence-electron chi connectivity index (χ3n) is 2.82. The van der Waals surface area contributed by atoms with Crippen LogP contribution in [0.3, 0.4) is 0 Å². The van der Waals surface area contributed by atoms with E-state index in [0.717, 1.165) is 18.7 Å². The average Bonchev–Trinajstić information content (AvgIpc) is 2.29. The summed E-state index contributed by atoms with van der Waals surface area (Å²) in [5.74, 6) is 0. The Hall–Kier alpha value is -0.780. The Morgan fingerprint density at radius 1 is 1.21 bits per heavy atom. The zero-order valence-corrected chi connectivity index (χ0v) is 13.4. The highest BCUT2D eigenvalue weighted by Crippen LogP contribution is 2.16. The summed E-state index contributed by atoms with van der Waals surface area (Å²) >= 11 is 0. The van der Waals surface area contributed by atoms with Gasteiger partial charge in [-0.1, -0.05) is 12.1 Å². The van der Waals surface area contributed by atoms with Gasteiger partial charge in [-0.25, -0.2) is 13.1 Å². The van der Waals surface area contributed by atoms with E-state index in [4.69, 9.17) is 0 Å². The van der Waals surface area contributed by atoms with E-state index in [1.165, 1.54) is 11.9 Å². The minimum absolute atomic E-state index is 0. The molecule has 1 N–H and O–H groups in total. The predicted octanol–water partition coefficient (Wildman–Crippen LogP) is 2.05. The molecule has 0 aliphatic rings. The van der Waals surface area contributed by atoms with E-state index in [1.54, 1.807) is 0 Å². The van der Waals surface area contributed by atoms with Crippen LogP contribution in [0.15, 0.2) is 24.3 Å². The molecule has 0 bridgehead atoms. The first-order chi connectivity index (χ1) is 8.46. The van der Waals surface area contributed by atoms with Crippen LogP contribution in [0.2, 0.25) is 0 Å². The standard InChI is InChI=1S/C13H22N2O2S.ClH/c1-4-15(5-2)13-8-6-7-12(11-13)9-10-14-18(3,16)17;/h6-8,11,14H,4-5,9-10H2,1-3H3;1H. The molecule has 0 amide bonds. The molecule has 0 heterocycles. The van der Waals surface area contributed by atoms with Crippen molar-refractivity contribution in [2.24, 2.45) is 0 Å². The van der Waals surface area contributed by atoms with Crippen LogP contribution in [-0.4, -0.2) is 34.3 Å². The van der Waals surface area contributed by atoms with E-state index in [9.17, 15) is 8.42 Å². The number of hydrogen-bond acceptors (Lipinski definition) is 3. The zero-order valence-electron chi connectivity index (χ0n) is 11.7. The van der Waals surface area contributed by atoms with E-state index < -0.39 is 10.0 Å². The van der Waals surface area contributed by atoms with Crippen LogP contribution in [0.4, 0.5) is 5.69 Å². The van der Waals surface area contributed by atoms with Gasteiger partial charge < -0.3 is 4.90 Å². The van der Waals surface area contributed by atoms with E-state index in [0.29, 0.717) is 13.0 Å². The summed E-state index contributed by atoms with van der Waals surface area (Å²) in [5.41, 5.74) is 2.34. The van der Waals surface area contributed by atoms with Crippen molar-refractivity contribution in [3.63, 3.8) is 0 Å². The lowest BCUT2D eigenvalue weighted by Crippen LogP contribution is -2.24. The first-order valence-electron chi connectivity index (χ1n) is 6.24. The van der Waals surface area contributed by atoms with E-state index >= 15 is 0 Å². The van der Waals surface area contributed by atoms with Gasteiger partial charge in [0.05, 0.1) is 6.26 Å². The summed E-state index contributed by atoms with van der Waals surface area (Å²) in [5, 5.41) is 0. The third-order valence-corrected chi connectivity index (χ3v) is 3.55. The van der Waals surface area contributed by atoms with Gasteiger partial charge in [0, 0.05) is 25.3 Å². The first kappa shape index (κ1) is 18.2. The normalized spacial score (nSPS) is 10.9. The van der Waals surface area contributed by atoms with Gasteiger partial charge in [-0.3, -0.25) is 0 Å². The Morgan fingerprint density at radius 3 is 2.37 bits per heavy atom. The molecule has 0 aliphatic carbocycles. The molecule has 0 atom stereocenters. The SMILES string of the molecule is CCN(CC)c1cccc(CCNS(C)(=O)=O)c1.Cl. The molecule has 0 saturated heterocycles. The number of benzene rings is 1. The van der Waals surface area contributed by atoms with Gasteiger partial charge in [-0.2, -0.15) is 0 Å². The summed E-state index contributed by atoms with van der Waals surface area (Å²) in [6.07, 6.45) is 1.89. The van der Waals surface area contributed by atoms with Crippen molar-refractivity contribution in [1.82, 2.24) is 4.72 Å². The van der Waals surface area contributed by atoms with Crippen LogP contribution in [0.5, 0.6) is 0 Å². The highest BCUT2D eigenvalue weighted by molar-refractivity contribution is 7.88. The molecule has 4 nitrogen and oxygen atoms in total. The van der Waals surface area contributed by atoms with Crippen molar-refractivity contribution in [3.05, 3.63) is 29.8 Å². The Labute approximate surface area is 122 Å². The van der Waals surface area contributed by atoms with Crippen LogP contribution in [-0.2, 0) is 16.4 Å². The largest absolute Gasteiger partial charge is 0.372 e. The van der Waals surface area contributed by atoms with Crippen molar-refractivity contribution < 1.29 is 8.42 Å². The predicted molar refractivity (Wildman–Crippen MR) is 83.8 cm³/mol. The van der Waals surface area contributed by atoms with Crippen molar-refractivity contribution >= 4 is 28.1 Å². The molecule has 0 spiro atoms. The van der Waals surface area contributed by atoms with Gasteiger partial charge in [-0.15, -0.1) is 12.4 Å². The van der Waals surface area contributed by atoms with Gasteiger partial charge in [0.25, 0.3) is 0 Å². The highest BCUT2D eigenvalue weighted by Gasteiger charge is 2.04. The lowest BCUT2D eigenvalue weighted by Gasteiger charge is -2.21. The number of nitrogens with zero attached hydrogens (tertiary/aromatic N) is 1.